The number of rotatable bonds is 12. The van der Waals surface area contributed by atoms with Gasteiger partial charge in [0, 0.05) is 41.8 Å². The number of carboxylic acid groups (broad SMARTS) is 4. The smallest absolute Gasteiger partial charge is 0.328 e. The van der Waals surface area contributed by atoms with E-state index >= 15 is 0 Å². The molecule has 0 bridgehead atoms. The Bertz CT molecular complexity index is 936. The van der Waals surface area contributed by atoms with Crippen molar-refractivity contribution in [3.8, 4) is 11.3 Å². The number of nitrogens with zero attached hydrogens (tertiary/aromatic N) is 2. The summed E-state index contributed by atoms with van der Waals surface area (Å²) in [6.45, 7) is 8.82. The number of carboxylic acids is 4. The van der Waals surface area contributed by atoms with Gasteiger partial charge in [-0.25, -0.2) is 24.2 Å². The fraction of sp³-hybridized carbons (Fsp3) is 0.292. The highest BCUT2D eigenvalue weighted by atomic mass is 32.1. The highest BCUT2D eigenvalue weighted by molar-refractivity contribution is 7.14. The van der Waals surface area contributed by atoms with Gasteiger partial charge in [-0.2, -0.15) is 0 Å². The number of benzene rings is 1. The molecular weight excluding hydrogens is 490 g/mol. The van der Waals surface area contributed by atoms with Gasteiger partial charge in [0.1, 0.15) is 0 Å². The van der Waals surface area contributed by atoms with Crippen molar-refractivity contribution >= 4 is 40.3 Å². The number of carbonyl (C=O) groups is 4. The average Bonchev–Trinajstić information content (AvgIpc) is 3.32. The number of hydrogen-bond donors (Lipinski definition) is 5. The molecule has 2 rings (SSSR count). The molecule has 0 spiro atoms. The van der Waals surface area contributed by atoms with Gasteiger partial charge in [-0.1, -0.05) is 44.2 Å². The normalized spacial score (nSPS) is 10.3. The third kappa shape index (κ3) is 17.4. The number of nitrogens with one attached hydrogen (secondary N) is 1. The molecule has 0 saturated carbocycles. The fourth-order valence-electron chi connectivity index (χ4n) is 2.42. The second-order valence-corrected chi connectivity index (χ2v) is 7.59. The fourth-order valence-corrected chi connectivity index (χ4v) is 3.17. The van der Waals surface area contributed by atoms with E-state index in [1.54, 1.807) is 11.3 Å². The first kappa shape index (κ1) is 32.0. The van der Waals surface area contributed by atoms with Crippen LogP contribution in [0.15, 0.2) is 60.0 Å². The van der Waals surface area contributed by atoms with Crippen LogP contribution in [0, 0.1) is 0 Å². The zero-order valence-corrected chi connectivity index (χ0v) is 20.9. The lowest BCUT2D eigenvalue weighted by Crippen LogP contribution is -2.25. The number of aliphatic carboxylic acids is 4. The molecule has 0 saturated heterocycles. The molecule has 5 N–H and O–H groups in total. The number of thiazole rings is 1. The highest BCUT2D eigenvalue weighted by Crippen LogP contribution is 2.24. The lowest BCUT2D eigenvalue weighted by Gasteiger charge is -2.17. The van der Waals surface area contributed by atoms with E-state index in [9.17, 15) is 19.2 Å². The minimum atomic E-state index is -1.26. The van der Waals surface area contributed by atoms with Crippen LogP contribution in [-0.2, 0) is 19.2 Å². The summed E-state index contributed by atoms with van der Waals surface area (Å²) in [5.74, 6) is -5.03. The Hall–Kier alpha value is -4.03. The number of aromatic nitrogens is 1. The van der Waals surface area contributed by atoms with Gasteiger partial charge in [0.05, 0.1) is 5.69 Å². The molecular formula is C24H31N3O8S. The van der Waals surface area contributed by atoms with Crippen LogP contribution in [0.2, 0.25) is 0 Å². The quantitative estimate of drug-likeness (QED) is 0.204. The van der Waals surface area contributed by atoms with Crippen molar-refractivity contribution in [2.75, 3.05) is 31.5 Å². The van der Waals surface area contributed by atoms with Crippen LogP contribution in [-0.4, -0.2) is 80.4 Å². The third-order valence-corrected chi connectivity index (χ3v) is 4.93. The Balaban J connectivity index is 0.000000634. The summed E-state index contributed by atoms with van der Waals surface area (Å²) in [6, 6.07) is 10.3. The summed E-state index contributed by atoms with van der Waals surface area (Å²) in [6.07, 6.45) is 3.39. The molecule has 0 aliphatic heterocycles. The minimum Gasteiger partial charge on any atom is -0.478 e. The summed E-state index contributed by atoms with van der Waals surface area (Å²) in [5.41, 5.74) is 2.24. The van der Waals surface area contributed by atoms with Gasteiger partial charge < -0.3 is 30.6 Å². The Morgan fingerprint density at radius 3 is 1.75 bits per heavy atom. The van der Waals surface area contributed by atoms with Crippen molar-refractivity contribution in [2.45, 2.75) is 20.3 Å². The number of anilines is 1. The average molecular weight is 522 g/mol. The molecule has 196 valence electrons. The molecule has 0 radical (unpaired) electrons. The molecule has 11 nitrogen and oxygen atoms in total. The van der Waals surface area contributed by atoms with Crippen LogP contribution < -0.4 is 5.32 Å². The molecule has 1 aromatic carbocycles. The molecule has 1 heterocycles. The monoisotopic (exact) mass is 521 g/mol. The lowest BCUT2D eigenvalue weighted by molar-refractivity contribution is -0.134. The third-order valence-electron chi connectivity index (χ3n) is 4.13. The van der Waals surface area contributed by atoms with Gasteiger partial charge in [0.15, 0.2) is 5.13 Å². The zero-order valence-electron chi connectivity index (χ0n) is 20.0. The predicted molar refractivity (Wildman–Crippen MR) is 137 cm³/mol. The second-order valence-electron chi connectivity index (χ2n) is 6.73. The van der Waals surface area contributed by atoms with Crippen LogP contribution >= 0.6 is 11.3 Å². The summed E-state index contributed by atoms with van der Waals surface area (Å²) in [7, 11) is 0. The Labute approximate surface area is 213 Å². The maximum Gasteiger partial charge on any atom is 0.328 e. The molecule has 36 heavy (non-hydrogen) atoms. The van der Waals surface area contributed by atoms with Gasteiger partial charge in [-0.15, -0.1) is 11.3 Å². The minimum absolute atomic E-state index is 0.558. The van der Waals surface area contributed by atoms with Crippen LogP contribution in [0.25, 0.3) is 11.3 Å². The van der Waals surface area contributed by atoms with Crippen molar-refractivity contribution in [3.05, 3.63) is 60.0 Å². The van der Waals surface area contributed by atoms with E-state index in [1.807, 2.05) is 18.2 Å². The first-order chi connectivity index (χ1) is 17.1. The molecule has 0 unspecified atom stereocenters. The van der Waals surface area contributed by atoms with E-state index in [-0.39, 0.29) is 0 Å². The maximum atomic E-state index is 9.55. The first-order valence-corrected chi connectivity index (χ1v) is 11.7. The van der Waals surface area contributed by atoms with Gasteiger partial charge >= 0.3 is 23.9 Å². The predicted octanol–water partition coefficient (Wildman–Crippen LogP) is 3.38. The van der Waals surface area contributed by atoms with Gasteiger partial charge in [-0.3, -0.25) is 0 Å². The van der Waals surface area contributed by atoms with Crippen LogP contribution in [0.3, 0.4) is 0 Å². The van der Waals surface area contributed by atoms with Crippen LogP contribution in [0.1, 0.15) is 20.3 Å². The number of hydrogen-bond acceptors (Lipinski definition) is 8. The van der Waals surface area contributed by atoms with E-state index in [4.69, 9.17) is 20.4 Å². The summed E-state index contributed by atoms with van der Waals surface area (Å²) in [5, 5.41) is 37.8. The Morgan fingerprint density at radius 1 is 0.861 bits per heavy atom. The van der Waals surface area contributed by atoms with Crippen molar-refractivity contribution in [3.63, 3.8) is 0 Å². The van der Waals surface area contributed by atoms with Crippen molar-refractivity contribution in [2.24, 2.45) is 0 Å². The molecule has 0 atom stereocenters. The van der Waals surface area contributed by atoms with Gasteiger partial charge in [0.2, 0.25) is 0 Å². The first-order valence-electron chi connectivity index (χ1n) is 10.8. The molecule has 0 aliphatic rings. The highest BCUT2D eigenvalue weighted by Gasteiger charge is 2.04. The molecule has 2 aromatic rings. The van der Waals surface area contributed by atoms with Crippen molar-refractivity contribution in [1.29, 1.82) is 0 Å². The summed E-state index contributed by atoms with van der Waals surface area (Å²) < 4.78 is 0. The molecule has 1 aromatic heterocycles. The van der Waals surface area contributed by atoms with E-state index in [0.717, 1.165) is 43.4 Å². The maximum absolute atomic E-state index is 9.55. The largest absolute Gasteiger partial charge is 0.478 e. The van der Waals surface area contributed by atoms with Crippen molar-refractivity contribution in [1.82, 2.24) is 9.88 Å². The Kier molecular flexibility index (Phi) is 17.1. The van der Waals surface area contributed by atoms with Crippen LogP contribution in [0.5, 0.6) is 0 Å². The molecule has 12 heteroatoms. The van der Waals surface area contributed by atoms with E-state index in [0.29, 0.717) is 24.3 Å². The van der Waals surface area contributed by atoms with E-state index in [1.165, 1.54) is 5.56 Å². The standard InChI is InChI=1S/C16H23N3S.2C4H4O4/c1-3-19(4-2)12-8-11-17-16-18-15(13-20-16)14-9-6-5-7-10-14;2*5-3(6)1-2-4(7)8/h5-7,9-10,13H,3-4,8,11-12H2,1-2H3,(H,17,18);2*1-2H,(H,5,6)(H,7,8)/b;2*2-1+. The molecule has 0 amide bonds. The van der Waals surface area contributed by atoms with Crippen LogP contribution in [0.4, 0.5) is 5.13 Å². The van der Waals surface area contributed by atoms with Crippen molar-refractivity contribution < 1.29 is 39.6 Å². The topological polar surface area (TPSA) is 177 Å². The second kappa shape index (κ2) is 19.3. The van der Waals surface area contributed by atoms with E-state index in [2.05, 4.69) is 46.6 Å². The van der Waals surface area contributed by atoms with Gasteiger partial charge in [-0.05, 0) is 26.1 Å². The summed E-state index contributed by atoms with van der Waals surface area (Å²) in [4.78, 5) is 45.3. The van der Waals surface area contributed by atoms with Gasteiger partial charge in [0.25, 0.3) is 0 Å². The summed E-state index contributed by atoms with van der Waals surface area (Å²) >= 11 is 1.68. The Morgan fingerprint density at radius 2 is 1.33 bits per heavy atom. The van der Waals surface area contributed by atoms with E-state index < -0.39 is 23.9 Å². The SMILES string of the molecule is CCN(CC)CCCNc1nc(-c2ccccc2)cs1.O=C(O)/C=C/C(=O)O.O=C(O)/C=C/C(=O)O. The zero-order chi connectivity index (χ0) is 27.3. The molecule has 0 fully saturated rings. The lowest BCUT2D eigenvalue weighted by atomic mass is 10.2. The molecule has 0 aliphatic carbocycles.